The second-order valence-corrected chi connectivity index (χ2v) is 12.2. The molecular weight excluding hydrogens is 684 g/mol. The Kier molecular flexibility index (Phi) is 9.89. The first kappa shape index (κ1) is 35.6. The Morgan fingerprint density at radius 1 is 0.922 bits per heavy atom. The number of rotatable bonds is 10. The van der Waals surface area contributed by atoms with E-state index in [1.165, 1.54) is 12.1 Å². The fourth-order valence-electron chi connectivity index (χ4n) is 6.26. The molecule has 3 atom stereocenters. The van der Waals surface area contributed by atoms with Crippen molar-refractivity contribution in [1.82, 2.24) is 20.6 Å². The number of nitrogens with zero attached hydrogens (tertiary/aromatic N) is 2. The summed E-state index contributed by atoms with van der Waals surface area (Å²) in [5.74, 6) is -8.65. The smallest absolute Gasteiger partial charge is 0.480 e. The number of halogens is 2. The van der Waals surface area contributed by atoms with E-state index in [2.05, 4.69) is 10.6 Å². The van der Waals surface area contributed by atoms with E-state index < -0.39 is 98.3 Å². The van der Waals surface area contributed by atoms with Crippen LogP contribution in [0.4, 0.5) is 8.78 Å². The van der Waals surface area contributed by atoms with E-state index in [9.17, 15) is 57.5 Å². The predicted molar refractivity (Wildman–Crippen MR) is 164 cm³/mol. The first-order valence-corrected chi connectivity index (χ1v) is 15.7. The molecule has 51 heavy (non-hydrogen) atoms. The van der Waals surface area contributed by atoms with Gasteiger partial charge in [-0.15, -0.1) is 5.06 Å². The van der Waals surface area contributed by atoms with Crippen LogP contribution in [0.2, 0.25) is 0 Å². The second kappa shape index (κ2) is 14.2. The number of fused-ring (bicyclic) bond motifs is 2. The van der Waals surface area contributed by atoms with Crippen LogP contribution in [0.3, 0.4) is 0 Å². The third-order valence-electron chi connectivity index (χ3n) is 8.92. The van der Waals surface area contributed by atoms with Crippen LogP contribution in [-0.4, -0.2) is 105 Å². The third kappa shape index (κ3) is 7.18. The zero-order valence-electron chi connectivity index (χ0n) is 26.4. The van der Waals surface area contributed by atoms with E-state index in [1.54, 1.807) is 0 Å². The number of carboxylic acids is 1. The van der Waals surface area contributed by atoms with Gasteiger partial charge in [0, 0.05) is 47.7 Å². The molecule has 21 heteroatoms. The summed E-state index contributed by atoms with van der Waals surface area (Å²) < 4.78 is 39.6. The van der Waals surface area contributed by atoms with E-state index >= 15 is 0 Å². The highest BCUT2D eigenvalue weighted by atomic mass is 19.1. The average Bonchev–Trinajstić information content (AvgIpc) is 3.86. The highest BCUT2D eigenvalue weighted by Gasteiger charge is 2.43. The van der Waals surface area contributed by atoms with Gasteiger partial charge in [-0.2, -0.15) is 0 Å². The Balaban J connectivity index is 1.20. The molecule has 0 saturated carbocycles. The molecule has 0 bridgehead atoms. The minimum atomic E-state index is -1.73. The van der Waals surface area contributed by atoms with Crippen LogP contribution in [-0.2, 0) is 51.3 Å². The van der Waals surface area contributed by atoms with Gasteiger partial charge in [0.1, 0.15) is 23.7 Å². The number of imide groups is 1. The van der Waals surface area contributed by atoms with Gasteiger partial charge in [0.05, 0.1) is 19.6 Å². The molecule has 0 aromatic heterocycles. The third-order valence-corrected chi connectivity index (χ3v) is 8.92. The number of carbonyl (C=O) groups excluding carboxylic acids is 6. The van der Waals surface area contributed by atoms with Crippen LogP contribution in [0.5, 0.6) is 0 Å². The van der Waals surface area contributed by atoms with Crippen molar-refractivity contribution in [2.75, 3.05) is 6.54 Å². The first-order chi connectivity index (χ1) is 24.2. The molecular formula is C30H28B2F2N4O13. The van der Waals surface area contributed by atoms with Gasteiger partial charge in [0.15, 0.2) is 0 Å². The van der Waals surface area contributed by atoms with Gasteiger partial charge in [-0.25, -0.2) is 18.4 Å². The van der Waals surface area contributed by atoms with Crippen LogP contribution < -0.4 is 21.6 Å². The number of hydroxylamine groups is 2. The second-order valence-electron chi connectivity index (χ2n) is 12.2. The molecule has 0 radical (unpaired) electrons. The fourth-order valence-corrected chi connectivity index (χ4v) is 6.26. The van der Waals surface area contributed by atoms with Gasteiger partial charge in [0.2, 0.25) is 5.91 Å². The summed E-state index contributed by atoms with van der Waals surface area (Å²) in [5.41, 5.74) is -0.357. The Hall–Kier alpha value is -5.24. The van der Waals surface area contributed by atoms with Gasteiger partial charge < -0.3 is 44.8 Å². The number of nitrogens with one attached hydrogen (secondary N) is 2. The van der Waals surface area contributed by atoms with Crippen molar-refractivity contribution in [3.8, 4) is 0 Å². The van der Waals surface area contributed by atoms with Gasteiger partial charge in [0.25, 0.3) is 23.6 Å². The van der Waals surface area contributed by atoms with Crippen molar-refractivity contribution in [3.63, 3.8) is 0 Å². The number of hydrogen-bond acceptors (Lipinski definition) is 12. The maximum atomic E-state index is 14.9. The molecule has 4 aliphatic rings. The van der Waals surface area contributed by atoms with Crippen LogP contribution in [0.1, 0.15) is 63.9 Å². The van der Waals surface area contributed by atoms with Crippen LogP contribution in [0, 0.1) is 11.6 Å². The lowest BCUT2D eigenvalue weighted by molar-refractivity contribution is -0.197. The SMILES string of the molecule is O=C(CC[C@H](NC(=O)[C@@H]1C[C@@H](NC(=O)c2cc(F)c3c(c2)B(O)OC3)CN1C(=O)c1cc(F)c2c(c1)B(O)OC2)C(=O)O)ON1C(=O)CCC1=O. The molecule has 0 unspecified atom stereocenters. The number of carboxylic acid groups (broad SMARTS) is 1. The van der Waals surface area contributed by atoms with Crippen molar-refractivity contribution >= 4 is 66.6 Å². The van der Waals surface area contributed by atoms with Crippen molar-refractivity contribution in [3.05, 3.63) is 58.2 Å². The summed E-state index contributed by atoms with van der Waals surface area (Å²) in [6.45, 7) is -0.814. The van der Waals surface area contributed by atoms with Gasteiger partial charge in [-0.05, 0) is 48.0 Å². The number of benzene rings is 2. The molecule has 2 fully saturated rings. The normalized spacial score (nSPS) is 20.0. The Morgan fingerprint density at radius 3 is 2.08 bits per heavy atom. The monoisotopic (exact) mass is 712 g/mol. The van der Waals surface area contributed by atoms with Crippen molar-refractivity contribution in [1.29, 1.82) is 0 Å². The molecule has 2 aromatic carbocycles. The molecule has 266 valence electrons. The largest absolute Gasteiger partial charge is 0.491 e. The molecule has 2 saturated heterocycles. The van der Waals surface area contributed by atoms with Crippen molar-refractivity contribution in [2.24, 2.45) is 0 Å². The van der Waals surface area contributed by atoms with Crippen LogP contribution in [0.15, 0.2) is 24.3 Å². The van der Waals surface area contributed by atoms with E-state index in [1.807, 2.05) is 0 Å². The van der Waals surface area contributed by atoms with Crippen molar-refractivity contribution < 1.29 is 71.6 Å². The highest BCUT2D eigenvalue weighted by molar-refractivity contribution is 6.62. The van der Waals surface area contributed by atoms with Crippen LogP contribution in [0.25, 0.3) is 0 Å². The predicted octanol–water partition coefficient (Wildman–Crippen LogP) is -2.63. The zero-order valence-corrected chi connectivity index (χ0v) is 26.4. The molecule has 5 N–H and O–H groups in total. The molecule has 17 nitrogen and oxygen atoms in total. The maximum absolute atomic E-state index is 14.9. The average molecular weight is 712 g/mol. The Morgan fingerprint density at radius 2 is 1.49 bits per heavy atom. The molecule has 4 heterocycles. The molecule has 5 amide bonds. The molecule has 4 aliphatic heterocycles. The van der Waals surface area contributed by atoms with Gasteiger partial charge in [-0.1, -0.05) is 0 Å². The van der Waals surface area contributed by atoms with E-state index in [-0.39, 0.29) is 77.3 Å². The molecule has 6 rings (SSSR count). The topological polar surface area (TPSA) is 238 Å². The summed E-state index contributed by atoms with van der Waals surface area (Å²) in [6.07, 6.45) is -1.81. The number of aliphatic carboxylic acids is 1. The van der Waals surface area contributed by atoms with Crippen LogP contribution >= 0.6 is 0 Å². The maximum Gasteiger partial charge on any atom is 0.491 e. The molecule has 0 aliphatic carbocycles. The van der Waals surface area contributed by atoms with E-state index in [4.69, 9.17) is 14.1 Å². The van der Waals surface area contributed by atoms with Crippen molar-refractivity contribution in [2.45, 2.75) is 63.4 Å². The summed E-state index contributed by atoms with van der Waals surface area (Å²) in [4.78, 5) is 94.1. The molecule has 2 aromatic rings. The lowest BCUT2D eigenvalue weighted by Crippen LogP contribution is -2.51. The lowest BCUT2D eigenvalue weighted by atomic mass is 9.78. The highest BCUT2D eigenvalue weighted by Crippen LogP contribution is 2.25. The number of amides is 5. The summed E-state index contributed by atoms with van der Waals surface area (Å²) in [6, 6.07) is 0.0290. The number of likely N-dealkylation sites (tertiary alicyclic amines) is 1. The Labute approximate surface area is 287 Å². The quantitative estimate of drug-likeness (QED) is 0.125. The number of carbonyl (C=O) groups is 7. The standard InChI is InChI=1S/C30H28B2F2N4O13/c33-20-7-13(5-18-16(20)11-49-31(18)47)27(42)35-15-9-23(37(10-15)29(44)14-6-19-17(21(34)8-14)12-50-32(19)48)28(43)36-22(30(45)46)1-4-26(41)51-38-24(39)2-3-25(38)40/h5-8,15,22-23,47-48H,1-4,9-12H2,(H,35,42)(H,36,43)(H,45,46)/t15-,22+,23+/m1/s1. The minimum absolute atomic E-state index is 0.0108. The van der Waals surface area contributed by atoms with E-state index in [0.29, 0.717) is 0 Å². The van der Waals surface area contributed by atoms with E-state index in [0.717, 1.165) is 17.0 Å². The lowest BCUT2D eigenvalue weighted by Gasteiger charge is -2.25. The Bertz CT molecular complexity index is 1850. The van der Waals surface area contributed by atoms with Gasteiger partial charge >= 0.3 is 26.2 Å². The summed E-state index contributed by atoms with van der Waals surface area (Å²) in [7, 11) is -2.98. The fraction of sp³-hybridized carbons (Fsp3) is 0.367. The minimum Gasteiger partial charge on any atom is -0.480 e. The first-order valence-electron chi connectivity index (χ1n) is 15.7. The van der Waals surface area contributed by atoms with Gasteiger partial charge in [-0.3, -0.25) is 24.0 Å². The summed E-state index contributed by atoms with van der Waals surface area (Å²) in [5, 5.41) is 35.0. The zero-order chi connectivity index (χ0) is 36.7. The molecule has 0 spiro atoms. The number of hydrogen-bond donors (Lipinski definition) is 5. The summed E-state index contributed by atoms with van der Waals surface area (Å²) >= 11 is 0.